The van der Waals surface area contributed by atoms with Crippen molar-refractivity contribution in [1.29, 1.82) is 0 Å². The molecule has 1 aliphatic heterocycles. The van der Waals surface area contributed by atoms with Crippen LogP contribution in [0.25, 0.3) is 0 Å². The van der Waals surface area contributed by atoms with E-state index in [-0.39, 0.29) is 23.2 Å². The van der Waals surface area contributed by atoms with Gasteiger partial charge in [-0.3, -0.25) is 4.79 Å². The molecule has 1 aromatic carbocycles. The number of benzene rings is 1. The highest BCUT2D eigenvalue weighted by Crippen LogP contribution is 2.24. The Kier molecular flexibility index (Phi) is 4.13. The van der Waals surface area contributed by atoms with Gasteiger partial charge in [0, 0.05) is 18.8 Å². The van der Waals surface area contributed by atoms with Gasteiger partial charge in [0.1, 0.15) is 5.82 Å². The number of nitrogens with zero attached hydrogens (tertiary/aromatic N) is 1. The van der Waals surface area contributed by atoms with Crippen LogP contribution >= 0.6 is 11.6 Å². The minimum absolute atomic E-state index is 0.0243. The number of anilines is 1. The Morgan fingerprint density at radius 1 is 1.45 bits per heavy atom. The molecule has 0 unspecified atom stereocenters. The zero-order valence-corrected chi connectivity index (χ0v) is 11.5. The molecule has 7 heteroatoms. The first kappa shape index (κ1) is 14.6. The molecule has 1 aliphatic rings. The highest BCUT2D eigenvalue weighted by molar-refractivity contribution is 6.30. The normalized spacial score (nSPS) is 21.9. The second-order valence-electron chi connectivity index (χ2n) is 4.89. The van der Waals surface area contributed by atoms with Gasteiger partial charge in [-0.25, -0.2) is 9.18 Å². The molecule has 0 aliphatic carbocycles. The van der Waals surface area contributed by atoms with E-state index in [2.05, 4.69) is 5.32 Å². The summed E-state index contributed by atoms with van der Waals surface area (Å²) in [5.74, 6) is -2.21. The fraction of sp³-hybridized carbons (Fsp3) is 0.385. The lowest BCUT2D eigenvalue weighted by atomic mass is 9.99. The molecule has 1 saturated heterocycles. The van der Waals surface area contributed by atoms with Crippen molar-refractivity contribution < 1.29 is 19.1 Å². The van der Waals surface area contributed by atoms with Gasteiger partial charge >= 0.3 is 12.0 Å². The summed E-state index contributed by atoms with van der Waals surface area (Å²) in [6, 6.07) is 3.51. The second kappa shape index (κ2) is 5.66. The van der Waals surface area contributed by atoms with Gasteiger partial charge in [0.05, 0.1) is 10.9 Å². The molecule has 0 spiro atoms. The lowest BCUT2D eigenvalue weighted by Crippen LogP contribution is -2.33. The van der Waals surface area contributed by atoms with Crippen LogP contribution in [0.2, 0.25) is 5.02 Å². The maximum atomic E-state index is 13.3. The summed E-state index contributed by atoms with van der Waals surface area (Å²) in [6.07, 6.45) is 0. The zero-order chi connectivity index (χ0) is 14.9. The smallest absolute Gasteiger partial charge is 0.321 e. The Balaban J connectivity index is 2.02. The van der Waals surface area contributed by atoms with Gasteiger partial charge in [0.15, 0.2) is 0 Å². The van der Waals surface area contributed by atoms with Crippen LogP contribution in [0.1, 0.15) is 6.92 Å². The summed E-state index contributed by atoms with van der Waals surface area (Å²) in [5.41, 5.74) is 0.281. The van der Waals surface area contributed by atoms with Gasteiger partial charge in [-0.1, -0.05) is 18.5 Å². The maximum absolute atomic E-state index is 13.3. The molecule has 1 aromatic rings. The summed E-state index contributed by atoms with van der Waals surface area (Å²) in [7, 11) is 0. The molecule has 2 N–H and O–H groups in total. The van der Waals surface area contributed by atoms with E-state index < -0.39 is 23.7 Å². The first-order chi connectivity index (χ1) is 9.38. The number of carboxylic acid groups (broad SMARTS) is 1. The molecule has 0 radical (unpaired) electrons. The van der Waals surface area contributed by atoms with Crippen LogP contribution in [-0.2, 0) is 4.79 Å². The van der Waals surface area contributed by atoms with Crippen molar-refractivity contribution in [3.05, 3.63) is 29.0 Å². The van der Waals surface area contributed by atoms with E-state index in [1.807, 2.05) is 0 Å². The van der Waals surface area contributed by atoms with E-state index in [9.17, 15) is 14.0 Å². The van der Waals surface area contributed by atoms with Gasteiger partial charge in [-0.05, 0) is 24.1 Å². The minimum atomic E-state index is -0.912. The lowest BCUT2D eigenvalue weighted by Gasteiger charge is -2.17. The third-order valence-electron chi connectivity index (χ3n) is 3.39. The fourth-order valence-corrected chi connectivity index (χ4v) is 2.35. The Labute approximate surface area is 120 Å². The number of nitrogens with one attached hydrogen (secondary N) is 1. The standard InChI is InChI=1S/C13H14ClFN2O3/c1-7-5-17(6-9(7)12(18)19)13(20)16-8-2-3-10(14)11(15)4-8/h2-4,7,9H,5-6H2,1H3,(H,16,20)(H,18,19)/t7-,9-/m1/s1. The molecule has 108 valence electrons. The number of carbonyl (C=O) groups excluding carboxylic acids is 1. The van der Waals surface area contributed by atoms with E-state index in [0.29, 0.717) is 6.54 Å². The third-order valence-corrected chi connectivity index (χ3v) is 3.69. The molecule has 2 amide bonds. The Bertz CT molecular complexity index is 552. The van der Waals surface area contributed by atoms with Crippen LogP contribution in [0.4, 0.5) is 14.9 Å². The largest absolute Gasteiger partial charge is 0.481 e. The van der Waals surface area contributed by atoms with Crippen LogP contribution in [0, 0.1) is 17.7 Å². The van der Waals surface area contributed by atoms with Crippen molar-refractivity contribution in [2.45, 2.75) is 6.92 Å². The summed E-state index contributed by atoms with van der Waals surface area (Å²) < 4.78 is 13.3. The van der Waals surface area contributed by atoms with E-state index in [4.69, 9.17) is 16.7 Å². The van der Waals surface area contributed by atoms with Gasteiger partial charge in [0.2, 0.25) is 0 Å². The molecule has 1 fully saturated rings. The summed E-state index contributed by atoms with van der Waals surface area (Å²) in [6.45, 7) is 2.30. The number of amides is 2. The van der Waals surface area contributed by atoms with Crippen LogP contribution in [0.5, 0.6) is 0 Å². The molecule has 2 atom stereocenters. The summed E-state index contributed by atoms with van der Waals surface area (Å²) >= 11 is 5.55. The Morgan fingerprint density at radius 3 is 2.70 bits per heavy atom. The van der Waals surface area contributed by atoms with E-state index in [1.54, 1.807) is 6.92 Å². The van der Waals surface area contributed by atoms with Crippen molar-refractivity contribution in [1.82, 2.24) is 4.90 Å². The van der Waals surface area contributed by atoms with Crippen molar-refractivity contribution in [3.63, 3.8) is 0 Å². The topological polar surface area (TPSA) is 69.6 Å². The molecule has 5 nitrogen and oxygen atoms in total. The Hall–Kier alpha value is -1.82. The highest BCUT2D eigenvalue weighted by atomic mass is 35.5. The summed E-state index contributed by atoms with van der Waals surface area (Å²) in [5, 5.41) is 11.5. The second-order valence-corrected chi connectivity index (χ2v) is 5.29. The number of carbonyl (C=O) groups is 2. The SMILES string of the molecule is C[C@@H]1CN(C(=O)Nc2ccc(Cl)c(F)c2)C[C@H]1C(=O)O. The summed E-state index contributed by atoms with van der Waals surface area (Å²) in [4.78, 5) is 24.4. The van der Waals surface area contributed by atoms with Crippen molar-refractivity contribution in [2.24, 2.45) is 11.8 Å². The van der Waals surface area contributed by atoms with E-state index in [1.165, 1.54) is 17.0 Å². The maximum Gasteiger partial charge on any atom is 0.321 e. The molecule has 20 heavy (non-hydrogen) atoms. The highest BCUT2D eigenvalue weighted by Gasteiger charge is 2.36. The predicted octanol–water partition coefficient (Wildman–Crippen LogP) is 2.66. The predicted molar refractivity (Wildman–Crippen MR) is 72.3 cm³/mol. The number of urea groups is 1. The number of aliphatic carboxylic acids is 1. The van der Waals surface area contributed by atoms with E-state index in [0.717, 1.165) is 6.07 Å². The fourth-order valence-electron chi connectivity index (χ4n) is 2.23. The van der Waals surface area contributed by atoms with Gasteiger partial charge < -0.3 is 15.3 Å². The van der Waals surface area contributed by atoms with Crippen LogP contribution in [0.15, 0.2) is 18.2 Å². The van der Waals surface area contributed by atoms with Gasteiger partial charge in [-0.2, -0.15) is 0 Å². The number of carboxylic acids is 1. The average molecular weight is 301 g/mol. The first-order valence-electron chi connectivity index (χ1n) is 6.12. The van der Waals surface area contributed by atoms with Crippen LogP contribution in [0.3, 0.4) is 0 Å². The molecular weight excluding hydrogens is 287 g/mol. The Morgan fingerprint density at radius 2 is 2.15 bits per heavy atom. The number of rotatable bonds is 2. The molecule has 0 aromatic heterocycles. The van der Waals surface area contributed by atoms with Crippen molar-refractivity contribution in [2.75, 3.05) is 18.4 Å². The first-order valence-corrected chi connectivity index (χ1v) is 6.50. The van der Waals surface area contributed by atoms with Crippen LogP contribution in [-0.4, -0.2) is 35.1 Å². The third kappa shape index (κ3) is 3.01. The lowest BCUT2D eigenvalue weighted by molar-refractivity contribution is -0.142. The number of hydrogen-bond donors (Lipinski definition) is 2. The van der Waals surface area contributed by atoms with Crippen molar-refractivity contribution >= 4 is 29.3 Å². The van der Waals surface area contributed by atoms with Crippen molar-refractivity contribution in [3.8, 4) is 0 Å². The number of hydrogen-bond acceptors (Lipinski definition) is 2. The number of halogens is 2. The van der Waals surface area contributed by atoms with E-state index >= 15 is 0 Å². The molecule has 2 rings (SSSR count). The average Bonchev–Trinajstić information content (AvgIpc) is 2.76. The zero-order valence-electron chi connectivity index (χ0n) is 10.8. The number of likely N-dealkylation sites (tertiary alicyclic amines) is 1. The monoisotopic (exact) mass is 300 g/mol. The minimum Gasteiger partial charge on any atom is -0.481 e. The van der Waals surface area contributed by atoms with Gasteiger partial charge in [-0.15, -0.1) is 0 Å². The quantitative estimate of drug-likeness (QED) is 0.882. The van der Waals surface area contributed by atoms with Gasteiger partial charge in [0.25, 0.3) is 0 Å². The molecule has 0 saturated carbocycles. The molecular formula is C13H14ClFN2O3. The molecule has 0 bridgehead atoms. The van der Waals surface area contributed by atoms with Crippen LogP contribution < -0.4 is 5.32 Å². The molecule has 1 heterocycles.